The number of hydrogen-bond donors (Lipinski definition) is 0. The summed E-state index contributed by atoms with van der Waals surface area (Å²) in [6.07, 6.45) is 0. The maximum absolute atomic E-state index is 6.16. The highest BCUT2D eigenvalue weighted by molar-refractivity contribution is 6.30. The molecule has 1 atom stereocenters. The molecular formula is C23H29ClN6O. The van der Waals surface area contributed by atoms with E-state index in [0.29, 0.717) is 0 Å². The van der Waals surface area contributed by atoms with Gasteiger partial charge in [0.05, 0.1) is 18.7 Å². The van der Waals surface area contributed by atoms with Crippen molar-refractivity contribution in [1.82, 2.24) is 25.1 Å². The van der Waals surface area contributed by atoms with Crippen LogP contribution in [0, 0.1) is 0 Å². The third kappa shape index (κ3) is 4.67. The lowest BCUT2D eigenvalue weighted by molar-refractivity contribution is 0.191. The van der Waals surface area contributed by atoms with E-state index < -0.39 is 0 Å². The summed E-state index contributed by atoms with van der Waals surface area (Å²) in [5, 5.41) is 13.5. The van der Waals surface area contributed by atoms with Gasteiger partial charge in [-0.15, -0.1) is 5.10 Å². The fourth-order valence-corrected chi connectivity index (χ4v) is 4.17. The Morgan fingerprint density at radius 1 is 0.935 bits per heavy atom. The zero-order valence-electron chi connectivity index (χ0n) is 18.5. The molecule has 0 saturated carbocycles. The summed E-state index contributed by atoms with van der Waals surface area (Å²) in [7, 11) is 1.69. The molecule has 3 aromatic rings. The third-order valence-corrected chi connectivity index (χ3v) is 5.93. The molecule has 2 heterocycles. The molecular weight excluding hydrogens is 412 g/mol. The lowest BCUT2D eigenvalue weighted by atomic mass is 10.0. The first-order valence-electron chi connectivity index (χ1n) is 10.5. The number of tetrazole rings is 1. The molecule has 4 rings (SSSR count). The highest BCUT2D eigenvalue weighted by atomic mass is 35.5. The molecule has 2 aromatic carbocycles. The molecule has 31 heavy (non-hydrogen) atoms. The van der Waals surface area contributed by atoms with Gasteiger partial charge in [-0.3, -0.25) is 4.90 Å². The molecule has 7 nitrogen and oxygen atoms in total. The standard InChI is InChI=1S/C23H29ClN6O/c1-23(2,3)30-22(25-26-27-30)21(17-5-7-18(24)8-6-17)29-15-13-28(14-16-29)19-9-11-20(31-4)12-10-19/h5-12,21H,13-16H2,1-4H3/t21-/m1/s1. The third-order valence-electron chi connectivity index (χ3n) is 5.68. The average Bonchev–Trinajstić information content (AvgIpc) is 3.26. The lowest BCUT2D eigenvalue weighted by Crippen LogP contribution is -2.48. The minimum atomic E-state index is -0.214. The Bertz CT molecular complexity index is 988. The monoisotopic (exact) mass is 440 g/mol. The van der Waals surface area contributed by atoms with Gasteiger partial charge in [-0.05, 0) is 73.2 Å². The molecule has 1 saturated heterocycles. The van der Waals surface area contributed by atoms with E-state index in [-0.39, 0.29) is 11.6 Å². The molecule has 0 spiro atoms. The number of halogens is 1. The van der Waals surface area contributed by atoms with Crippen LogP contribution in [-0.4, -0.2) is 58.4 Å². The summed E-state index contributed by atoms with van der Waals surface area (Å²) in [5.41, 5.74) is 2.14. The molecule has 0 radical (unpaired) electrons. The van der Waals surface area contributed by atoms with Gasteiger partial charge in [0, 0.05) is 36.9 Å². The second-order valence-corrected chi connectivity index (χ2v) is 9.23. The maximum Gasteiger partial charge on any atom is 0.173 e. The number of piperazine rings is 1. The van der Waals surface area contributed by atoms with Crippen LogP contribution in [0.2, 0.25) is 5.02 Å². The summed E-state index contributed by atoms with van der Waals surface area (Å²) in [6.45, 7) is 10.0. The number of nitrogens with zero attached hydrogens (tertiary/aromatic N) is 6. The van der Waals surface area contributed by atoms with Crippen LogP contribution in [0.3, 0.4) is 0 Å². The molecule has 0 bridgehead atoms. The van der Waals surface area contributed by atoms with Crippen LogP contribution >= 0.6 is 11.6 Å². The van der Waals surface area contributed by atoms with Crippen molar-refractivity contribution in [3.63, 3.8) is 0 Å². The molecule has 0 aliphatic carbocycles. The largest absolute Gasteiger partial charge is 0.497 e. The molecule has 8 heteroatoms. The van der Waals surface area contributed by atoms with Crippen molar-refractivity contribution in [1.29, 1.82) is 0 Å². The highest BCUT2D eigenvalue weighted by Gasteiger charge is 2.33. The van der Waals surface area contributed by atoms with Crippen LogP contribution in [0.4, 0.5) is 5.69 Å². The molecule has 1 fully saturated rings. The first-order chi connectivity index (χ1) is 14.9. The average molecular weight is 441 g/mol. The number of rotatable bonds is 5. The SMILES string of the molecule is COc1ccc(N2CCN([C@H](c3ccc(Cl)cc3)c3nnnn3C(C)(C)C)CC2)cc1. The van der Waals surface area contributed by atoms with E-state index in [1.807, 2.05) is 28.9 Å². The second kappa shape index (κ2) is 8.85. The first kappa shape index (κ1) is 21.6. The van der Waals surface area contributed by atoms with Crippen molar-refractivity contribution in [2.24, 2.45) is 0 Å². The molecule has 0 unspecified atom stereocenters. The Balaban J connectivity index is 1.60. The quantitative estimate of drug-likeness (QED) is 0.597. The predicted octanol–water partition coefficient (Wildman–Crippen LogP) is 4.00. The van der Waals surface area contributed by atoms with Gasteiger partial charge in [0.15, 0.2) is 5.82 Å². The van der Waals surface area contributed by atoms with E-state index in [2.05, 4.69) is 70.4 Å². The van der Waals surface area contributed by atoms with Gasteiger partial charge in [0.25, 0.3) is 0 Å². The maximum atomic E-state index is 6.16. The van der Waals surface area contributed by atoms with Crippen LogP contribution in [0.1, 0.15) is 38.2 Å². The van der Waals surface area contributed by atoms with Crippen molar-refractivity contribution in [3.8, 4) is 5.75 Å². The Morgan fingerprint density at radius 2 is 1.58 bits per heavy atom. The van der Waals surface area contributed by atoms with E-state index in [4.69, 9.17) is 16.3 Å². The van der Waals surface area contributed by atoms with Crippen molar-refractivity contribution in [3.05, 3.63) is 64.9 Å². The summed E-state index contributed by atoms with van der Waals surface area (Å²) in [6, 6.07) is 16.2. The fourth-order valence-electron chi connectivity index (χ4n) is 4.04. The van der Waals surface area contributed by atoms with E-state index in [1.165, 1.54) is 5.69 Å². The minimum absolute atomic E-state index is 0.0375. The summed E-state index contributed by atoms with van der Waals surface area (Å²) >= 11 is 6.16. The van der Waals surface area contributed by atoms with Crippen LogP contribution in [-0.2, 0) is 5.54 Å². The first-order valence-corrected chi connectivity index (χ1v) is 10.9. The van der Waals surface area contributed by atoms with Crippen LogP contribution in [0.25, 0.3) is 0 Å². The van der Waals surface area contributed by atoms with Gasteiger partial charge in [0.2, 0.25) is 0 Å². The van der Waals surface area contributed by atoms with Gasteiger partial charge in [-0.25, -0.2) is 4.68 Å². The summed E-state index contributed by atoms with van der Waals surface area (Å²) in [5.74, 6) is 1.73. The van der Waals surface area contributed by atoms with E-state index in [1.54, 1.807) is 7.11 Å². The number of anilines is 1. The fraction of sp³-hybridized carbons (Fsp3) is 0.435. The van der Waals surface area contributed by atoms with Gasteiger partial charge in [0.1, 0.15) is 5.75 Å². The molecule has 0 N–H and O–H groups in total. The Labute approximate surface area is 188 Å². The minimum Gasteiger partial charge on any atom is -0.497 e. The molecule has 1 aliphatic heterocycles. The Morgan fingerprint density at radius 3 is 2.16 bits per heavy atom. The molecule has 0 amide bonds. The topological polar surface area (TPSA) is 59.3 Å². The second-order valence-electron chi connectivity index (χ2n) is 8.79. The molecule has 1 aromatic heterocycles. The zero-order chi connectivity index (χ0) is 22.0. The zero-order valence-corrected chi connectivity index (χ0v) is 19.3. The van der Waals surface area contributed by atoms with E-state index in [9.17, 15) is 0 Å². The predicted molar refractivity (Wildman–Crippen MR) is 123 cm³/mol. The van der Waals surface area contributed by atoms with Gasteiger partial charge >= 0.3 is 0 Å². The Kier molecular flexibility index (Phi) is 6.16. The van der Waals surface area contributed by atoms with E-state index >= 15 is 0 Å². The van der Waals surface area contributed by atoms with Crippen LogP contribution in [0.15, 0.2) is 48.5 Å². The molecule has 1 aliphatic rings. The van der Waals surface area contributed by atoms with Gasteiger partial charge in [-0.2, -0.15) is 0 Å². The highest BCUT2D eigenvalue weighted by Crippen LogP contribution is 2.32. The van der Waals surface area contributed by atoms with Crippen LogP contribution < -0.4 is 9.64 Å². The van der Waals surface area contributed by atoms with Crippen LogP contribution in [0.5, 0.6) is 5.75 Å². The number of benzene rings is 2. The number of aromatic nitrogens is 4. The molecule has 164 valence electrons. The number of methoxy groups -OCH3 is 1. The summed E-state index contributed by atoms with van der Waals surface area (Å²) in [4.78, 5) is 4.86. The Hall–Kier alpha value is -2.64. The van der Waals surface area contributed by atoms with Crippen molar-refractivity contribution in [2.45, 2.75) is 32.4 Å². The van der Waals surface area contributed by atoms with E-state index in [0.717, 1.165) is 48.3 Å². The van der Waals surface area contributed by atoms with Crippen molar-refractivity contribution >= 4 is 17.3 Å². The normalized spacial score (nSPS) is 16.4. The summed E-state index contributed by atoms with van der Waals surface area (Å²) < 4.78 is 7.22. The van der Waals surface area contributed by atoms with Gasteiger partial charge < -0.3 is 9.64 Å². The van der Waals surface area contributed by atoms with Crippen molar-refractivity contribution < 1.29 is 4.74 Å². The van der Waals surface area contributed by atoms with Gasteiger partial charge in [-0.1, -0.05) is 23.7 Å². The van der Waals surface area contributed by atoms with Crippen molar-refractivity contribution in [2.75, 3.05) is 38.2 Å². The number of ether oxygens (including phenoxy) is 1. The number of hydrogen-bond acceptors (Lipinski definition) is 6. The lowest BCUT2D eigenvalue weighted by Gasteiger charge is -2.40. The smallest absolute Gasteiger partial charge is 0.173 e.